The first kappa shape index (κ1) is 23.2. The molecule has 1 rings (SSSR count). The Hall–Kier alpha value is -2.80. The molecule has 0 N–H and O–H groups in total. The summed E-state index contributed by atoms with van der Waals surface area (Å²) < 4.78 is 0. The highest BCUT2D eigenvalue weighted by molar-refractivity contribution is 5.76. The van der Waals surface area contributed by atoms with Crippen molar-refractivity contribution in [3.63, 3.8) is 0 Å². The van der Waals surface area contributed by atoms with Gasteiger partial charge in [-0.1, -0.05) is 93.3 Å². The second kappa shape index (κ2) is 14.3. The Kier molecular flexibility index (Phi) is 11.9. The number of anilines is 1. The van der Waals surface area contributed by atoms with Crippen molar-refractivity contribution in [2.45, 2.75) is 40.5 Å². The fraction of sp³-hybridized carbons (Fsp3) is 0.259. The zero-order valence-electron chi connectivity index (χ0n) is 17.9. The lowest BCUT2D eigenvalue weighted by Gasteiger charge is -2.24. The molecule has 0 saturated heterocycles. The highest BCUT2D eigenvalue weighted by Crippen LogP contribution is 2.24. The largest absolute Gasteiger partial charge is 0.342 e. The molecule has 0 saturated carbocycles. The van der Waals surface area contributed by atoms with Gasteiger partial charge < -0.3 is 4.90 Å². The Morgan fingerprint density at radius 1 is 0.929 bits per heavy atom. The minimum absolute atomic E-state index is 0.832. The van der Waals surface area contributed by atoms with Crippen LogP contribution in [0.25, 0.3) is 5.57 Å². The third-order valence-electron chi connectivity index (χ3n) is 4.21. The molecule has 1 heteroatoms. The molecule has 1 aromatic rings. The van der Waals surface area contributed by atoms with Gasteiger partial charge in [-0.15, -0.1) is 0 Å². The minimum atomic E-state index is 0.832. The van der Waals surface area contributed by atoms with Crippen LogP contribution in [-0.2, 0) is 0 Å². The molecule has 0 bridgehead atoms. The first-order valence-electron chi connectivity index (χ1n) is 10.2. The van der Waals surface area contributed by atoms with Gasteiger partial charge in [0.2, 0.25) is 0 Å². The lowest BCUT2D eigenvalue weighted by molar-refractivity contribution is 1.01. The molecule has 0 aliphatic carbocycles. The van der Waals surface area contributed by atoms with Crippen molar-refractivity contribution in [1.29, 1.82) is 0 Å². The number of rotatable bonds is 11. The van der Waals surface area contributed by atoms with Gasteiger partial charge in [-0.25, -0.2) is 0 Å². The van der Waals surface area contributed by atoms with Crippen LogP contribution in [-0.4, -0.2) is 6.54 Å². The van der Waals surface area contributed by atoms with E-state index in [1.807, 2.05) is 13.0 Å². The molecule has 0 atom stereocenters. The van der Waals surface area contributed by atoms with Gasteiger partial charge in [0.1, 0.15) is 0 Å². The van der Waals surface area contributed by atoms with Crippen LogP contribution < -0.4 is 4.90 Å². The maximum Gasteiger partial charge on any atom is 0.0411 e. The van der Waals surface area contributed by atoms with E-state index in [1.54, 1.807) is 0 Å². The zero-order chi connectivity index (χ0) is 20.6. The smallest absolute Gasteiger partial charge is 0.0411 e. The summed E-state index contributed by atoms with van der Waals surface area (Å²) in [5, 5.41) is 0. The molecular formula is C27H35N. The molecular weight excluding hydrogens is 338 g/mol. The van der Waals surface area contributed by atoms with Gasteiger partial charge in [0.25, 0.3) is 0 Å². The highest BCUT2D eigenvalue weighted by Gasteiger charge is 2.07. The summed E-state index contributed by atoms with van der Waals surface area (Å²) in [5.74, 6) is 0. The lowest BCUT2D eigenvalue weighted by atomic mass is 10.0. The van der Waals surface area contributed by atoms with E-state index < -0.39 is 0 Å². The van der Waals surface area contributed by atoms with E-state index >= 15 is 0 Å². The normalized spacial score (nSPS) is 13.4. The molecule has 0 radical (unpaired) electrons. The Morgan fingerprint density at radius 2 is 1.61 bits per heavy atom. The summed E-state index contributed by atoms with van der Waals surface area (Å²) in [6.45, 7) is 13.2. The van der Waals surface area contributed by atoms with Crippen LogP contribution >= 0.6 is 0 Å². The van der Waals surface area contributed by atoms with Gasteiger partial charge in [0, 0.05) is 17.9 Å². The predicted molar refractivity (Wildman–Crippen MR) is 129 cm³/mol. The summed E-state index contributed by atoms with van der Waals surface area (Å²) in [7, 11) is 0. The molecule has 0 unspecified atom stereocenters. The van der Waals surface area contributed by atoms with Gasteiger partial charge in [0.05, 0.1) is 0 Å². The molecule has 0 aliphatic heterocycles. The van der Waals surface area contributed by atoms with E-state index in [0.717, 1.165) is 19.4 Å². The van der Waals surface area contributed by atoms with Crippen LogP contribution in [0, 0.1) is 0 Å². The topological polar surface area (TPSA) is 3.24 Å². The number of hydrogen-bond donors (Lipinski definition) is 0. The van der Waals surface area contributed by atoms with Crippen molar-refractivity contribution in [3.05, 3.63) is 109 Å². The van der Waals surface area contributed by atoms with Gasteiger partial charge in [-0.3, -0.25) is 0 Å². The molecule has 0 aliphatic rings. The average Bonchev–Trinajstić information content (AvgIpc) is 2.72. The molecule has 0 aromatic heterocycles. The first-order valence-corrected chi connectivity index (χ1v) is 10.2. The summed E-state index contributed by atoms with van der Waals surface area (Å²) in [6.07, 6.45) is 25.2. The van der Waals surface area contributed by atoms with Crippen molar-refractivity contribution < 1.29 is 0 Å². The van der Waals surface area contributed by atoms with E-state index in [-0.39, 0.29) is 0 Å². The number of allylic oxidation sites excluding steroid dienone is 12. The SMILES string of the molecule is C=C/C=C(\C=C/CC)c1ccc(N(C/C=C\C=C/CC)/C(C)=C/C=C\C)cc1. The summed E-state index contributed by atoms with van der Waals surface area (Å²) in [5.41, 5.74) is 4.77. The number of hydrogen-bond acceptors (Lipinski definition) is 1. The van der Waals surface area contributed by atoms with E-state index in [2.05, 4.69) is 117 Å². The zero-order valence-corrected chi connectivity index (χ0v) is 17.9. The van der Waals surface area contributed by atoms with Gasteiger partial charge in [0.15, 0.2) is 0 Å². The van der Waals surface area contributed by atoms with Crippen molar-refractivity contribution >= 4 is 11.3 Å². The third-order valence-corrected chi connectivity index (χ3v) is 4.21. The molecule has 0 fully saturated rings. The fourth-order valence-electron chi connectivity index (χ4n) is 2.69. The summed E-state index contributed by atoms with van der Waals surface area (Å²) in [6, 6.07) is 8.74. The monoisotopic (exact) mass is 373 g/mol. The van der Waals surface area contributed by atoms with E-state index in [9.17, 15) is 0 Å². The molecule has 148 valence electrons. The minimum Gasteiger partial charge on any atom is -0.342 e. The molecule has 0 heterocycles. The van der Waals surface area contributed by atoms with Crippen molar-refractivity contribution in [3.8, 4) is 0 Å². The summed E-state index contributed by atoms with van der Waals surface area (Å²) >= 11 is 0. The second-order valence-electron chi connectivity index (χ2n) is 6.42. The van der Waals surface area contributed by atoms with E-state index in [0.29, 0.717) is 0 Å². The molecule has 1 aromatic carbocycles. The van der Waals surface area contributed by atoms with Crippen LogP contribution in [0.5, 0.6) is 0 Å². The Balaban J connectivity index is 3.14. The Labute approximate surface area is 172 Å². The third kappa shape index (κ3) is 8.26. The standard InChI is InChI=1S/C27H35N/c1-6-10-13-14-15-23-28(24(5)17-11-7-2)27-21-19-26(20-22-27)25(16-9-4)18-12-8-3/h7,9-22H,4,6,8,23H2,1-3,5H3/b11-7-,13-10-,15-14-,18-12-,24-17+,25-16+. The molecule has 28 heavy (non-hydrogen) atoms. The van der Waals surface area contributed by atoms with Gasteiger partial charge >= 0.3 is 0 Å². The molecule has 0 spiro atoms. The lowest BCUT2D eigenvalue weighted by Crippen LogP contribution is -2.20. The highest BCUT2D eigenvalue weighted by atomic mass is 15.1. The van der Waals surface area contributed by atoms with Crippen LogP contribution in [0.3, 0.4) is 0 Å². The number of nitrogens with zero attached hydrogens (tertiary/aromatic N) is 1. The quantitative estimate of drug-likeness (QED) is 0.355. The van der Waals surface area contributed by atoms with Crippen LogP contribution in [0.15, 0.2) is 103 Å². The van der Waals surface area contributed by atoms with E-state index in [1.165, 1.54) is 22.5 Å². The Bertz CT molecular complexity index is 752. The van der Waals surface area contributed by atoms with Crippen LogP contribution in [0.4, 0.5) is 5.69 Å². The number of benzene rings is 1. The van der Waals surface area contributed by atoms with Gasteiger partial charge in [-0.05, 0) is 56.0 Å². The van der Waals surface area contributed by atoms with Crippen molar-refractivity contribution in [2.75, 3.05) is 11.4 Å². The maximum atomic E-state index is 3.84. The van der Waals surface area contributed by atoms with Crippen molar-refractivity contribution in [2.24, 2.45) is 0 Å². The van der Waals surface area contributed by atoms with Gasteiger partial charge in [-0.2, -0.15) is 0 Å². The predicted octanol–water partition coefficient (Wildman–Crippen LogP) is 8.03. The van der Waals surface area contributed by atoms with Crippen molar-refractivity contribution in [1.82, 2.24) is 0 Å². The molecule has 0 amide bonds. The van der Waals surface area contributed by atoms with E-state index in [4.69, 9.17) is 0 Å². The second-order valence-corrected chi connectivity index (χ2v) is 6.42. The first-order chi connectivity index (χ1) is 13.7. The molecule has 1 nitrogen and oxygen atoms in total. The van der Waals surface area contributed by atoms with Crippen LogP contribution in [0.2, 0.25) is 0 Å². The average molecular weight is 374 g/mol. The van der Waals surface area contributed by atoms with Crippen LogP contribution in [0.1, 0.15) is 46.1 Å². The maximum absolute atomic E-state index is 3.84. The summed E-state index contributed by atoms with van der Waals surface area (Å²) in [4.78, 5) is 2.32. The Morgan fingerprint density at radius 3 is 2.21 bits per heavy atom. The fourth-order valence-corrected chi connectivity index (χ4v) is 2.69.